The van der Waals surface area contributed by atoms with Gasteiger partial charge in [0, 0.05) is 18.4 Å². The van der Waals surface area contributed by atoms with Crippen LogP contribution in [0.3, 0.4) is 0 Å². The van der Waals surface area contributed by atoms with Crippen LogP contribution in [-0.2, 0) is 16.8 Å². The van der Waals surface area contributed by atoms with Gasteiger partial charge in [0.25, 0.3) is 0 Å². The molecular formula is C19H27ClN4O2. The van der Waals surface area contributed by atoms with E-state index in [2.05, 4.69) is 21.8 Å². The molecule has 1 aromatic heterocycles. The number of methoxy groups -OCH3 is 1. The Hall–Kier alpha value is -2.05. The van der Waals surface area contributed by atoms with Crippen molar-refractivity contribution in [2.24, 2.45) is 0 Å². The van der Waals surface area contributed by atoms with Crippen molar-refractivity contribution < 1.29 is 9.53 Å². The summed E-state index contributed by atoms with van der Waals surface area (Å²) in [5, 5.41) is 10.9. The number of nitrogens with one attached hydrogen (secondary N) is 2. The van der Waals surface area contributed by atoms with Gasteiger partial charge in [-0.1, -0.05) is 12.1 Å². The lowest BCUT2D eigenvalue weighted by molar-refractivity contribution is -0.132. The van der Waals surface area contributed by atoms with Gasteiger partial charge in [-0.15, -0.1) is 12.4 Å². The van der Waals surface area contributed by atoms with Gasteiger partial charge in [-0.3, -0.25) is 9.48 Å². The number of piperidine rings is 1. The first-order valence-corrected chi connectivity index (χ1v) is 8.79. The molecule has 2 heterocycles. The second-order valence-electron chi connectivity index (χ2n) is 6.66. The molecule has 2 aromatic rings. The third kappa shape index (κ3) is 4.37. The van der Waals surface area contributed by atoms with Gasteiger partial charge in [0.15, 0.2) is 0 Å². The molecule has 0 radical (unpaired) electrons. The van der Waals surface area contributed by atoms with Crippen LogP contribution in [0.4, 0.5) is 0 Å². The lowest BCUT2D eigenvalue weighted by Crippen LogP contribution is -2.56. The molecular weight excluding hydrogens is 352 g/mol. The zero-order valence-electron chi connectivity index (χ0n) is 15.3. The van der Waals surface area contributed by atoms with Crippen molar-refractivity contribution in [3.05, 3.63) is 48.3 Å². The van der Waals surface area contributed by atoms with E-state index in [1.54, 1.807) is 13.3 Å². The molecule has 1 atom stereocenters. The summed E-state index contributed by atoms with van der Waals surface area (Å²) in [7, 11) is 1.66. The number of hydrogen-bond donors (Lipinski definition) is 2. The molecule has 1 aliphatic heterocycles. The summed E-state index contributed by atoms with van der Waals surface area (Å²) in [6, 6.07) is 9.86. The fourth-order valence-electron chi connectivity index (χ4n) is 3.48. The van der Waals surface area contributed by atoms with Gasteiger partial charge in [0.05, 0.1) is 7.11 Å². The first-order chi connectivity index (χ1) is 12.1. The molecule has 1 unspecified atom stereocenters. The highest BCUT2D eigenvalue weighted by Crippen LogP contribution is 2.27. The second kappa shape index (κ2) is 9.05. The van der Waals surface area contributed by atoms with Gasteiger partial charge >= 0.3 is 0 Å². The lowest BCUT2D eigenvalue weighted by atomic mass is 9.87. The van der Waals surface area contributed by atoms with Gasteiger partial charge < -0.3 is 15.4 Å². The number of amides is 1. The molecule has 1 aliphatic rings. The molecule has 2 N–H and O–H groups in total. The van der Waals surface area contributed by atoms with Crippen LogP contribution >= 0.6 is 12.4 Å². The quantitative estimate of drug-likeness (QED) is 0.808. The molecule has 142 valence electrons. The molecule has 0 saturated carbocycles. The molecule has 0 aliphatic carbocycles. The standard InChI is InChI=1S/C19H26N4O2.ClH/c1-15(13-16-5-3-6-17(14-16)25-2)22-18(24)19(7-10-20-11-8-19)23-12-4-9-21-23;/h3-6,9,12,14-15,20H,7-8,10-11,13H2,1-2H3,(H,22,24);1H. The van der Waals surface area contributed by atoms with E-state index < -0.39 is 5.54 Å². The minimum atomic E-state index is -0.600. The zero-order chi connectivity index (χ0) is 17.7. The Kier molecular flexibility index (Phi) is 7.06. The van der Waals surface area contributed by atoms with Gasteiger partial charge in [0.1, 0.15) is 11.3 Å². The molecule has 6 nitrogen and oxygen atoms in total. The summed E-state index contributed by atoms with van der Waals surface area (Å²) in [4.78, 5) is 13.1. The highest BCUT2D eigenvalue weighted by Gasteiger charge is 2.42. The van der Waals surface area contributed by atoms with Gasteiger partial charge in [-0.25, -0.2) is 0 Å². The molecule has 1 amide bonds. The largest absolute Gasteiger partial charge is 0.497 e. The number of hydrogen-bond acceptors (Lipinski definition) is 4. The Morgan fingerprint density at radius 3 is 2.81 bits per heavy atom. The Morgan fingerprint density at radius 2 is 2.15 bits per heavy atom. The Bertz CT molecular complexity index is 699. The van der Waals surface area contributed by atoms with Crippen LogP contribution in [-0.4, -0.2) is 41.9 Å². The number of carbonyl (C=O) groups excluding carboxylic acids is 1. The maximum atomic E-state index is 13.1. The van der Waals surface area contributed by atoms with Crippen molar-refractivity contribution in [2.75, 3.05) is 20.2 Å². The van der Waals surface area contributed by atoms with E-state index in [1.807, 2.05) is 42.1 Å². The van der Waals surface area contributed by atoms with E-state index in [9.17, 15) is 4.79 Å². The predicted octanol–water partition coefficient (Wildman–Crippen LogP) is 2.14. The number of halogens is 1. The smallest absolute Gasteiger partial charge is 0.248 e. The molecule has 1 fully saturated rings. The maximum absolute atomic E-state index is 13.1. The maximum Gasteiger partial charge on any atom is 0.248 e. The van der Waals surface area contributed by atoms with Crippen LogP contribution in [0.5, 0.6) is 5.75 Å². The third-order valence-electron chi connectivity index (χ3n) is 4.85. The number of carbonyl (C=O) groups is 1. The van der Waals surface area contributed by atoms with Crippen molar-refractivity contribution in [3.8, 4) is 5.75 Å². The zero-order valence-corrected chi connectivity index (χ0v) is 16.1. The minimum Gasteiger partial charge on any atom is -0.497 e. The lowest BCUT2D eigenvalue weighted by Gasteiger charge is -2.37. The topological polar surface area (TPSA) is 68.2 Å². The summed E-state index contributed by atoms with van der Waals surface area (Å²) >= 11 is 0. The predicted molar refractivity (Wildman–Crippen MR) is 104 cm³/mol. The molecule has 0 spiro atoms. The number of benzene rings is 1. The summed E-state index contributed by atoms with van der Waals surface area (Å²) in [5.41, 5.74) is 0.544. The van der Waals surface area contributed by atoms with Gasteiger partial charge in [-0.05, 0) is 63.0 Å². The van der Waals surface area contributed by atoms with Crippen LogP contribution in [0, 0.1) is 0 Å². The van der Waals surface area contributed by atoms with E-state index in [0.29, 0.717) is 0 Å². The molecule has 26 heavy (non-hydrogen) atoms. The molecule has 1 aromatic carbocycles. The van der Waals surface area contributed by atoms with E-state index >= 15 is 0 Å². The molecule has 1 saturated heterocycles. The van der Waals surface area contributed by atoms with Gasteiger partial charge in [0.2, 0.25) is 5.91 Å². The fraction of sp³-hybridized carbons (Fsp3) is 0.474. The van der Waals surface area contributed by atoms with Crippen LogP contribution in [0.25, 0.3) is 0 Å². The van der Waals surface area contributed by atoms with Gasteiger partial charge in [-0.2, -0.15) is 5.10 Å². The van der Waals surface area contributed by atoms with Crippen LogP contribution in [0.1, 0.15) is 25.3 Å². The van der Waals surface area contributed by atoms with E-state index in [1.165, 1.54) is 0 Å². The first-order valence-electron chi connectivity index (χ1n) is 8.79. The number of nitrogens with zero attached hydrogens (tertiary/aromatic N) is 2. The van der Waals surface area contributed by atoms with Crippen LogP contribution in [0.2, 0.25) is 0 Å². The third-order valence-corrected chi connectivity index (χ3v) is 4.85. The van der Waals surface area contributed by atoms with E-state index in [0.717, 1.165) is 43.7 Å². The van der Waals surface area contributed by atoms with Crippen molar-refractivity contribution in [2.45, 2.75) is 37.8 Å². The Balaban J connectivity index is 0.00000243. The van der Waals surface area contributed by atoms with Crippen molar-refractivity contribution in [3.63, 3.8) is 0 Å². The van der Waals surface area contributed by atoms with Crippen molar-refractivity contribution in [1.29, 1.82) is 0 Å². The molecule has 7 heteroatoms. The van der Waals surface area contributed by atoms with E-state index in [4.69, 9.17) is 4.74 Å². The average Bonchev–Trinajstić information content (AvgIpc) is 3.17. The highest BCUT2D eigenvalue weighted by atomic mass is 35.5. The van der Waals surface area contributed by atoms with Crippen molar-refractivity contribution in [1.82, 2.24) is 20.4 Å². The summed E-state index contributed by atoms with van der Waals surface area (Å²) in [6.45, 7) is 3.67. The number of ether oxygens (including phenoxy) is 1. The van der Waals surface area contributed by atoms with Crippen LogP contribution < -0.4 is 15.4 Å². The monoisotopic (exact) mass is 378 g/mol. The average molecular weight is 379 g/mol. The van der Waals surface area contributed by atoms with Crippen LogP contribution in [0.15, 0.2) is 42.7 Å². The highest BCUT2D eigenvalue weighted by molar-refractivity contribution is 5.85. The van der Waals surface area contributed by atoms with Crippen molar-refractivity contribution >= 4 is 18.3 Å². The first kappa shape index (κ1) is 20.3. The molecule has 0 bridgehead atoms. The Labute approximate surface area is 160 Å². The minimum absolute atomic E-state index is 0. The normalized spacial score (nSPS) is 17.0. The Morgan fingerprint density at radius 1 is 1.38 bits per heavy atom. The number of rotatable bonds is 6. The van der Waals surface area contributed by atoms with E-state index in [-0.39, 0.29) is 24.4 Å². The second-order valence-corrected chi connectivity index (χ2v) is 6.66. The molecule has 3 rings (SSSR count). The fourth-order valence-corrected chi connectivity index (χ4v) is 3.48. The summed E-state index contributed by atoms with van der Waals surface area (Å²) < 4.78 is 7.09. The summed E-state index contributed by atoms with van der Waals surface area (Å²) in [6.07, 6.45) is 5.86. The number of aromatic nitrogens is 2. The SMILES string of the molecule is COc1cccc(CC(C)NC(=O)C2(n3cccn3)CCNCC2)c1.Cl. The summed E-state index contributed by atoms with van der Waals surface area (Å²) in [5.74, 6) is 0.885.